The maximum Gasteiger partial charge on any atom is 0.435 e. The van der Waals surface area contributed by atoms with E-state index in [0.29, 0.717) is 0 Å². The third-order valence-corrected chi connectivity index (χ3v) is 4.04. The number of carbonyl (C=O) groups is 2. The molecule has 0 saturated heterocycles. The number of halogens is 1. The fraction of sp³-hybridized carbons (Fsp3) is 0.182. The average molecular weight is 348 g/mol. The normalized spacial score (nSPS) is 11.2. The summed E-state index contributed by atoms with van der Waals surface area (Å²) < 4.78 is 32.7. The molecule has 22 heavy (non-hydrogen) atoms. The van der Waals surface area contributed by atoms with Crippen molar-refractivity contribution in [3.63, 3.8) is 0 Å². The van der Waals surface area contributed by atoms with Gasteiger partial charge in [-0.3, -0.25) is 5.32 Å². The summed E-state index contributed by atoms with van der Waals surface area (Å²) >= 11 is 0. The van der Waals surface area contributed by atoms with E-state index in [9.17, 15) is 18.0 Å². The summed E-state index contributed by atoms with van der Waals surface area (Å²) in [5, 5.41) is 6.32. The van der Waals surface area contributed by atoms with Gasteiger partial charge in [-0.1, -0.05) is 0 Å². The van der Waals surface area contributed by atoms with Crippen LogP contribution in [0.25, 0.3) is 10.9 Å². The van der Waals surface area contributed by atoms with Crippen LogP contribution in [-0.4, -0.2) is 44.6 Å². The molecule has 0 atom stereocenters. The van der Waals surface area contributed by atoms with Crippen LogP contribution in [0.2, 0.25) is 0 Å². The van der Waals surface area contributed by atoms with Crippen LogP contribution in [0.5, 0.6) is 0 Å². The van der Waals surface area contributed by atoms with Gasteiger partial charge in [-0.25, -0.2) is 18.0 Å². The maximum atomic E-state index is 11.7. The number of anilines is 1. The first kappa shape index (κ1) is 16.0. The molecule has 118 valence electrons. The topological polar surface area (TPSA) is 117 Å². The largest absolute Gasteiger partial charge is 0.453 e. The number of aromatic nitrogens is 2. The van der Waals surface area contributed by atoms with E-state index in [1.54, 1.807) is 0 Å². The Morgan fingerprint density at radius 2 is 1.95 bits per heavy atom. The van der Waals surface area contributed by atoms with Gasteiger partial charge in [0.2, 0.25) is 0 Å². The number of fused-ring (bicyclic) bond motifs is 1. The molecular formula is C11H10ClN3O6S. The maximum absolute atomic E-state index is 11.7. The van der Waals surface area contributed by atoms with Gasteiger partial charge < -0.3 is 9.47 Å². The van der Waals surface area contributed by atoms with Crippen molar-refractivity contribution in [2.75, 3.05) is 19.5 Å². The highest BCUT2D eigenvalue weighted by Gasteiger charge is 2.20. The number of benzene rings is 1. The fourth-order valence-electron chi connectivity index (χ4n) is 1.71. The number of rotatable bonds is 2. The number of carbonyl (C=O) groups excluding carboxylic acids is 2. The van der Waals surface area contributed by atoms with Gasteiger partial charge in [0.15, 0.2) is 5.82 Å². The van der Waals surface area contributed by atoms with E-state index in [-0.39, 0.29) is 21.6 Å². The van der Waals surface area contributed by atoms with Gasteiger partial charge in [-0.05, 0) is 18.2 Å². The van der Waals surface area contributed by atoms with Crippen LogP contribution in [0.3, 0.4) is 0 Å². The Hall–Kier alpha value is -2.33. The van der Waals surface area contributed by atoms with Crippen LogP contribution >= 0.6 is 10.7 Å². The summed E-state index contributed by atoms with van der Waals surface area (Å²) in [7, 11) is 3.59. The van der Waals surface area contributed by atoms with E-state index >= 15 is 0 Å². The number of hydrogen-bond acceptors (Lipinski definition) is 7. The van der Waals surface area contributed by atoms with E-state index in [1.807, 2.05) is 0 Å². The lowest BCUT2D eigenvalue weighted by atomic mass is 10.2. The van der Waals surface area contributed by atoms with E-state index in [1.165, 1.54) is 18.2 Å². The molecule has 1 aromatic carbocycles. The summed E-state index contributed by atoms with van der Waals surface area (Å²) in [4.78, 5) is 22.8. The molecule has 2 rings (SSSR count). The zero-order valence-electron chi connectivity index (χ0n) is 11.4. The second kappa shape index (κ2) is 5.81. The van der Waals surface area contributed by atoms with Gasteiger partial charge in [0, 0.05) is 16.1 Å². The van der Waals surface area contributed by atoms with Crippen molar-refractivity contribution >= 4 is 48.6 Å². The van der Waals surface area contributed by atoms with Crippen molar-refractivity contribution in [2.24, 2.45) is 0 Å². The molecule has 0 aliphatic carbocycles. The fourth-order valence-corrected chi connectivity index (χ4v) is 2.49. The van der Waals surface area contributed by atoms with Crippen LogP contribution < -0.4 is 5.32 Å². The summed E-state index contributed by atoms with van der Waals surface area (Å²) in [6.45, 7) is 0. The Labute approximate surface area is 129 Å². The van der Waals surface area contributed by atoms with Crippen LogP contribution in [0.1, 0.15) is 0 Å². The van der Waals surface area contributed by atoms with E-state index in [4.69, 9.17) is 10.7 Å². The van der Waals surface area contributed by atoms with Crippen molar-refractivity contribution in [1.29, 1.82) is 0 Å². The Kier molecular flexibility index (Phi) is 4.24. The lowest BCUT2D eigenvalue weighted by Gasteiger charge is -2.01. The molecule has 1 amide bonds. The minimum Gasteiger partial charge on any atom is -0.453 e. The van der Waals surface area contributed by atoms with E-state index in [0.717, 1.165) is 18.9 Å². The SMILES string of the molecule is COC(=O)Nc1nn(C(=O)OC)c2ccc(S(=O)(=O)Cl)cc12. The van der Waals surface area contributed by atoms with Crippen molar-refractivity contribution in [1.82, 2.24) is 9.78 Å². The molecule has 0 unspecified atom stereocenters. The molecule has 1 N–H and O–H groups in total. The Morgan fingerprint density at radius 1 is 1.27 bits per heavy atom. The molecule has 0 spiro atoms. The van der Waals surface area contributed by atoms with Crippen molar-refractivity contribution < 1.29 is 27.5 Å². The molecular weight excluding hydrogens is 338 g/mol. The number of ether oxygens (including phenoxy) is 2. The van der Waals surface area contributed by atoms with Crippen LogP contribution in [0, 0.1) is 0 Å². The first-order valence-electron chi connectivity index (χ1n) is 5.68. The summed E-state index contributed by atoms with van der Waals surface area (Å²) in [5.41, 5.74) is 0.224. The van der Waals surface area contributed by atoms with Crippen LogP contribution in [0.4, 0.5) is 15.4 Å². The van der Waals surface area contributed by atoms with Gasteiger partial charge in [-0.15, -0.1) is 5.10 Å². The first-order valence-corrected chi connectivity index (χ1v) is 7.99. The number of amides is 1. The summed E-state index contributed by atoms with van der Waals surface area (Å²) in [5.74, 6) is -0.0746. The standard InChI is InChI=1S/C11H10ClN3O6S/c1-20-10(16)13-9-7-5-6(22(12,18)19)3-4-8(7)15(14-9)11(17)21-2/h3-5H,1-2H3,(H,13,14,16). The minimum absolute atomic E-state index is 0.0746. The van der Waals surface area contributed by atoms with Gasteiger partial charge in [0.05, 0.1) is 24.6 Å². The zero-order valence-corrected chi connectivity index (χ0v) is 12.9. The van der Waals surface area contributed by atoms with Crippen molar-refractivity contribution in [3.05, 3.63) is 18.2 Å². The van der Waals surface area contributed by atoms with Crippen LogP contribution in [-0.2, 0) is 18.5 Å². The lowest BCUT2D eigenvalue weighted by Crippen LogP contribution is -2.15. The third-order valence-electron chi connectivity index (χ3n) is 2.69. The second-order valence-electron chi connectivity index (χ2n) is 3.96. The monoisotopic (exact) mass is 347 g/mol. The van der Waals surface area contributed by atoms with Crippen molar-refractivity contribution in [2.45, 2.75) is 4.90 Å². The van der Waals surface area contributed by atoms with E-state index in [2.05, 4.69) is 19.9 Å². The highest BCUT2D eigenvalue weighted by Crippen LogP contribution is 2.27. The van der Waals surface area contributed by atoms with Crippen molar-refractivity contribution in [3.8, 4) is 0 Å². The molecule has 0 aliphatic rings. The molecule has 1 aromatic heterocycles. The molecule has 11 heteroatoms. The first-order chi connectivity index (χ1) is 10.3. The molecule has 0 saturated carbocycles. The number of nitrogens with one attached hydrogen (secondary N) is 1. The zero-order chi connectivity index (χ0) is 16.5. The second-order valence-corrected chi connectivity index (χ2v) is 6.53. The molecule has 0 aliphatic heterocycles. The molecule has 0 bridgehead atoms. The molecule has 1 heterocycles. The smallest absolute Gasteiger partial charge is 0.435 e. The lowest BCUT2D eigenvalue weighted by molar-refractivity contribution is 0.170. The molecule has 0 fully saturated rings. The highest BCUT2D eigenvalue weighted by atomic mass is 35.7. The number of hydrogen-bond donors (Lipinski definition) is 1. The number of methoxy groups -OCH3 is 2. The summed E-state index contributed by atoms with van der Waals surface area (Å²) in [6, 6.07) is 3.69. The average Bonchev–Trinajstić information content (AvgIpc) is 2.83. The Balaban J connectivity index is 2.70. The molecule has 9 nitrogen and oxygen atoms in total. The van der Waals surface area contributed by atoms with E-state index < -0.39 is 21.2 Å². The van der Waals surface area contributed by atoms with Crippen LogP contribution in [0.15, 0.2) is 23.1 Å². The molecule has 0 radical (unpaired) electrons. The summed E-state index contributed by atoms with van der Waals surface area (Å²) in [6.07, 6.45) is -1.65. The Bertz CT molecular complexity index is 860. The third kappa shape index (κ3) is 2.97. The quantitative estimate of drug-likeness (QED) is 0.822. The van der Waals surface area contributed by atoms with Gasteiger partial charge >= 0.3 is 12.2 Å². The minimum atomic E-state index is -3.99. The Morgan fingerprint density at radius 3 is 2.50 bits per heavy atom. The number of nitrogens with zero attached hydrogens (tertiary/aromatic N) is 2. The highest BCUT2D eigenvalue weighted by molar-refractivity contribution is 8.13. The van der Waals surface area contributed by atoms with Gasteiger partial charge in [0.25, 0.3) is 9.05 Å². The molecule has 2 aromatic rings. The van der Waals surface area contributed by atoms with Gasteiger partial charge in [0.1, 0.15) is 0 Å². The predicted molar refractivity (Wildman–Crippen MR) is 76.6 cm³/mol. The van der Waals surface area contributed by atoms with Gasteiger partial charge in [-0.2, -0.15) is 4.68 Å². The predicted octanol–water partition coefficient (Wildman–Crippen LogP) is 1.76.